The van der Waals surface area contributed by atoms with Crippen LogP contribution in [0.15, 0.2) is 41.8 Å². The lowest BCUT2D eigenvalue weighted by molar-refractivity contribution is 0.154. The first kappa shape index (κ1) is 15.1. The van der Waals surface area contributed by atoms with Crippen LogP contribution < -0.4 is 4.74 Å². The third kappa shape index (κ3) is 4.36. The molecule has 3 heteroatoms. The van der Waals surface area contributed by atoms with Gasteiger partial charge < -0.3 is 9.84 Å². The topological polar surface area (TPSA) is 29.5 Å². The van der Waals surface area contributed by atoms with Gasteiger partial charge >= 0.3 is 0 Å². The number of aryl methyl sites for hydroxylation is 1. The first-order valence-electron chi connectivity index (χ1n) is 7.13. The summed E-state index contributed by atoms with van der Waals surface area (Å²) < 4.78 is 5.76. The number of hydrogen-bond acceptors (Lipinski definition) is 3. The minimum Gasteiger partial charge on any atom is -0.491 e. The number of aliphatic hydroxyl groups is 1. The molecular formula is C17H22O2S. The van der Waals surface area contributed by atoms with E-state index >= 15 is 0 Å². The zero-order valence-electron chi connectivity index (χ0n) is 12.1. The lowest BCUT2D eigenvalue weighted by Gasteiger charge is -2.18. The number of rotatable bonds is 7. The molecule has 1 aromatic carbocycles. The summed E-state index contributed by atoms with van der Waals surface area (Å²) in [5.74, 6) is 0.797. The molecule has 1 atom stereocenters. The molecule has 1 aromatic heterocycles. The molecule has 0 fully saturated rings. The van der Waals surface area contributed by atoms with Gasteiger partial charge in [-0.15, -0.1) is 11.3 Å². The third-order valence-electron chi connectivity index (χ3n) is 3.12. The largest absolute Gasteiger partial charge is 0.491 e. The zero-order valence-corrected chi connectivity index (χ0v) is 12.9. The van der Waals surface area contributed by atoms with Crippen molar-refractivity contribution in [2.45, 2.75) is 45.3 Å². The highest BCUT2D eigenvalue weighted by Gasteiger charge is 2.13. The summed E-state index contributed by atoms with van der Waals surface area (Å²) >= 11 is 1.78. The Morgan fingerprint density at radius 1 is 1.15 bits per heavy atom. The zero-order chi connectivity index (χ0) is 14.4. The predicted octanol–water partition coefficient (Wildman–Crippen LogP) is 4.59. The number of thiophene rings is 1. The summed E-state index contributed by atoms with van der Waals surface area (Å²) in [5, 5.41) is 12.5. The summed E-state index contributed by atoms with van der Waals surface area (Å²) in [6.45, 7) is 4.00. The van der Waals surface area contributed by atoms with Crippen LogP contribution in [0.1, 0.15) is 43.2 Å². The highest BCUT2D eigenvalue weighted by molar-refractivity contribution is 7.09. The Morgan fingerprint density at radius 2 is 1.95 bits per heavy atom. The summed E-state index contributed by atoms with van der Waals surface area (Å²) in [5.41, 5.74) is 0.896. The first-order chi connectivity index (χ1) is 9.66. The molecule has 0 saturated carbocycles. The molecule has 2 aromatic rings. The Labute approximate surface area is 125 Å². The van der Waals surface area contributed by atoms with Crippen molar-refractivity contribution in [2.24, 2.45) is 0 Å². The average molecular weight is 290 g/mol. The lowest BCUT2D eigenvalue weighted by Crippen LogP contribution is -2.09. The molecule has 0 aliphatic heterocycles. The fourth-order valence-corrected chi connectivity index (χ4v) is 2.95. The highest BCUT2D eigenvalue weighted by atomic mass is 32.1. The van der Waals surface area contributed by atoms with Crippen molar-refractivity contribution in [3.05, 3.63) is 52.2 Å². The van der Waals surface area contributed by atoms with Crippen molar-refractivity contribution in [3.63, 3.8) is 0 Å². The van der Waals surface area contributed by atoms with Crippen LogP contribution in [0.4, 0.5) is 0 Å². The van der Waals surface area contributed by atoms with E-state index in [1.807, 2.05) is 38.1 Å². The molecule has 1 unspecified atom stereocenters. The standard InChI is InChI=1S/C17H22O2S/c1-13(2)19-17-11-4-3-9-15(17)16(18)10-5-7-14-8-6-12-20-14/h3-4,6,8-9,11-13,16,18H,5,7,10H2,1-2H3. The van der Waals surface area contributed by atoms with Gasteiger partial charge in [-0.1, -0.05) is 24.3 Å². The number of benzene rings is 1. The Kier molecular flexibility index (Phi) is 5.62. The maximum atomic E-state index is 10.4. The normalized spacial score (nSPS) is 12.6. The minimum atomic E-state index is -0.454. The van der Waals surface area contributed by atoms with Gasteiger partial charge in [0.2, 0.25) is 0 Å². The summed E-state index contributed by atoms with van der Waals surface area (Å²) in [6, 6.07) is 12.0. The van der Waals surface area contributed by atoms with Gasteiger partial charge in [0.05, 0.1) is 12.2 Å². The molecule has 0 amide bonds. The molecule has 0 aliphatic rings. The highest BCUT2D eigenvalue weighted by Crippen LogP contribution is 2.29. The van der Waals surface area contributed by atoms with E-state index in [4.69, 9.17) is 4.74 Å². The van der Waals surface area contributed by atoms with Crippen LogP contribution in [0.5, 0.6) is 5.75 Å². The number of hydrogen-bond donors (Lipinski definition) is 1. The summed E-state index contributed by atoms with van der Waals surface area (Å²) in [6.07, 6.45) is 2.44. The van der Waals surface area contributed by atoms with Crippen molar-refractivity contribution in [1.82, 2.24) is 0 Å². The van der Waals surface area contributed by atoms with Crippen molar-refractivity contribution < 1.29 is 9.84 Å². The first-order valence-corrected chi connectivity index (χ1v) is 8.01. The summed E-state index contributed by atoms with van der Waals surface area (Å²) in [4.78, 5) is 1.38. The van der Waals surface area contributed by atoms with Gasteiger partial charge in [-0.05, 0) is 50.6 Å². The molecule has 0 spiro atoms. The second-order valence-electron chi connectivity index (χ2n) is 5.19. The van der Waals surface area contributed by atoms with Crippen molar-refractivity contribution in [3.8, 4) is 5.75 Å². The van der Waals surface area contributed by atoms with E-state index in [-0.39, 0.29) is 6.10 Å². The monoisotopic (exact) mass is 290 g/mol. The van der Waals surface area contributed by atoms with Crippen LogP contribution in [0, 0.1) is 0 Å². The van der Waals surface area contributed by atoms with E-state index in [9.17, 15) is 5.11 Å². The average Bonchev–Trinajstić information content (AvgIpc) is 2.91. The third-order valence-corrected chi connectivity index (χ3v) is 4.06. The molecule has 0 aliphatic carbocycles. The molecule has 1 heterocycles. The molecular weight excluding hydrogens is 268 g/mol. The molecule has 2 rings (SSSR count). The van der Waals surface area contributed by atoms with E-state index in [0.29, 0.717) is 0 Å². The minimum absolute atomic E-state index is 0.120. The van der Waals surface area contributed by atoms with Crippen LogP contribution in [0.25, 0.3) is 0 Å². The maximum Gasteiger partial charge on any atom is 0.125 e. The van der Waals surface area contributed by atoms with E-state index in [2.05, 4.69) is 17.5 Å². The van der Waals surface area contributed by atoms with Gasteiger partial charge in [-0.25, -0.2) is 0 Å². The SMILES string of the molecule is CC(C)Oc1ccccc1C(O)CCCc1cccs1. The van der Waals surface area contributed by atoms with Crippen molar-refractivity contribution in [1.29, 1.82) is 0 Å². The van der Waals surface area contributed by atoms with E-state index in [1.54, 1.807) is 11.3 Å². The molecule has 108 valence electrons. The Bertz CT molecular complexity index is 505. The molecule has 0 radical (unpaired) electrons. The smallest absolute Gasteiger partial charge is 0.125 e. The van der Waals surface area contributed by atoms with Gasteiger partial charge in [0, 0.05) is 10.4 Å². The van der Waals surface area contributed by atoms with Gasteiger partial charge in [0.25, 0.3) is 0 Å². The number of para-hydroxylation sites is 1. The maximum absolute atomic E-state index is 10.4. The molecule has 0 bridgehead atoms. The Balaban J connectivity index is 1.92. The van der Waals surface area contributed by atoms with E-state index < -0.39 is 6.10 Å². The van der Waals surface area contributed by atoms with Crippen LogP contribution in [0.2, 0.25) is 0 Å². The number of ether oxygens (including phenoxy) is 1. The quantitative estimate of drug-likeness (QED) is 0.808. The van der Waals surface area contributed by atoms with Gasteiger partial charge in [-0.3, -0.25) is 0 Å². The van der Waals surface area contributed by atoms with Crippen LogP contribution in [-0.4, -0.2) is 11.2 Å². The predicted molar refractivity (Wildman–Crippen MR) is 84.4 cm³/mol. The Morgan fingerprint density at radius 3 is 2.65 bits per heavy atom. The molecule has 0 saturated heterocycles. The van der Waals surface area contributed by atoms with Crippen LogP contribution >= 0.6 is 11.3 Å². The second kappa shape index (κ2) is 7.46. The van der Waals surface area contributed by atoms with Gasteiger partial charge in [0.1, 0.15) is 5.75 Å². The fraction of sp³-hybridized carbons (Fsp3) is 0.412. The fourth-order valence-electron chi connectivity index (χ4n) is 2.20. The molecule has 2 nitrogen and oxygen atoms in total. The van der Waals surface area contributed by atoms with Gasteiger partial charge in [-0.2, -0.15) is 0 Å². The lowest BCUT2D eigenvalue weighted by atomic mass is 10.0. The number of aliphatic hydroxyl groups excluding tert-OH is 1. The van der Waals surface area contributed by atoms with Gasteiger partial charge in [0.15, 0.2) is 0 Å². The van der Waals surface area contributed by atoms with Crippen molar-refractivity contribution in [2.75, 3.05) is 0 Å². The van der Waals surface area contributed by atoms with E-state index in [1.165, 1.54) is 4.88 Å². The summed E-state index contributed by atoms with van der Waals surface area (Å²) in [7, 11) is 0. The second-order valence-corrected chi connectivity index (χ2v) is 6.22. The van der Waals surface area contributed by atoms with E-state index in [0.717, 1.165) is 30.6 Å². The van der Waals surface area contributed by atoms with Crippen LogP contribution in [-0.2, 0) is 6.42 Å². The molecule has 20 heavy (non-hydrogen) atoms. The Hall–Kier alpha value is -1.32. The van der Waals surface area contributed by atoms with Crippen molar-refractivity contribution >= 4 is 11.3 Å². The van der Waals surface area contributed by atoms with Crippen LogP contribution in [0.3, 0.4) is 0 Å². The molecule has 1 N–H and O–H groups in total.